The Morgan fingerprint density at radius 1 is 1.24 bits per heavy atom. The second-order valence-electron chi connectivity index (χ2n) is 12.6. The monoisotopic (exact) mass is 513 g/mol. The third-order valence-electron chi connectivity index (χ3n) is 8.99. The highest BCUT2D eigenvalue weighted by Gasteiger charge is 2.59. The predicted octanol–water partition coefficient (Wildman–Crippen LogP) is 1.20. The molecule has 8 atom stereocenters. The number of halogens is 1. The van der Waals surface area contributed by atoms with Crippen molar-refractivity contribution >= 4 is 23.6 Å². The van der Waals surface area contributed by atoms with E-state index in [1.807, 2.05) is 20.8 Å². The van der Waals surface area contributed by atoms with Gasteiger partial charge in [-0.2, -0.15) is 5.26 Å². The molecule has 0 radical (unpaired) electrons. The molecule has 37 heavy (non-hydrogen) atoms. The maximum absolute atomic E-state index is 14.5. The Labute approximate surface area is 216 Å². The molecule has 200 valence electrons. The summed E-state index contributed by atoms with van der Waals surface area (Å²) in [7, 11) is 0. The molecule has 9 nitrogen and oxygen atoms in total. The quantitative estimate of drug-likeness (QED) is 0.441. The zero-order valence-electron chi connectivity index (χ0n) is 21.6. The van der Waals surface area contributed by atoms with E-state index in [4.69, 9.17) is 0 Å². The van der Waals surface area contributed by atoms with E-state index in [0.717, 1.165) is 6.42 Å². The number of rotatable bonds is 7. The van der Waals surface area contributed by atoms with Crippen LogP contribution in [0.15, 0.2) is 12.2 Å². The first-order valence-electron chi connectivity index (χ1n) is 13.4. The van der Waals surface area contributed by atoms with E-state index in [-0.39, 0.29) is 54.8 Å². The fourth-order valence-electron chi connectivity index (χ4n) is 6.75. The molecule has 3 aliphatic carbocycles. The molecule has 3 N–H and O–H groups in total. The lowest BCUT2D eigenvalue weighted by Crippen LogP contribution is -2.60. The summed E-state index contributed by atoms with van der Waals surface area (Å²) in [4.78, 5) is 53.9. The maximum Gasteiger partial charge on any atom is 0.258 e. The van der Waals surface area contributed by atoms with Crippen molar-refractivity contribution in [2.45, 2.75) is 76.7 Å². The number of likely N-dealkylation sites (tertiary alicyclic amines) is 1. The Bertz CT molecular complexity index is 1070. The topological polar surface area (TPSA) is 131 Å². The van der Waals surface area contributed by atoms with Gasteiger partial charge in [-0.05, 0) is 61.2 Å². The molecule has 0 unspecified atom stereocenters. The number of allylic oxidation sites excluding steroid dienone is 2. The van der Waals surface area contributed by atoms with Crippen molar-refractivity contribution in [1.29, 1.82) is 5.26 Å². The number of carbonyl (C=O) groups excluding carboxylic acids is 4. The van der Waals surface area contributed by atoms with Crippen LogP contribution in [0.3, 0.4) is 0 Å². The van der Waals surface area contributed by atoms with Crippen LogP contribution < -0.4 is 16.0 Å². The van der Waals surface area contributed by atoms with Gasteiger partial charge in [0.25, 0.3) is 5.91 Å². The molecule has 0 aromatic rings. The molecule has 5 aliphatic rings. The standard InChI is InChI=1S/C27H36FN5O4/c1-26(2,3)21(32-25(37)27(28)7-8-27)24(36)33-13-18-14-4-5-15(10-14)19(18)20(33)23(35)31-17(12-29)11-16-6-9-30-22(16)34/h4-5,14-21H,6-11,13H2,1-3H3,(H,30,34)(H,31,35)(H,32,37)/t14-,15+,16+,17+,18-,19+,20+,21-/m1/s1. The van der Waals surface area contributed by atoms with Crippen molar-refractivity contribution < 1.29 is 23.6 Å². The Balaban J connectivity index is 1.38. The summed E-state index contributed by atoms with van der Waals surface area (Å²) in [5.41, 5.74) is -2.63. The molecule has 2 aliphatic heterocycles. The summed E-state index contributed by atoms with van der Waals surface area (Å²) in [6.07, 6.45) is 6.34. The normalized spacial score (nSPS) is 34.4. The molecule has 0 aromatic heterocycles. The van der Waals surface area contributed by atoms with Gasteiger partial charge in [0.05, 0.1) is 6.07 Å². The van der Waals surface area contributed by atoms with Crippen molar-refractivity contribution in [3.05, 3.63) is 12.2 Å². The minimum atomic E-state index is -1.92. The van der Waals surface area contributed by atoms with E-state index in [0.29, 0.717) is 19.5 Å². The summed E-state index contributed by atoms with van der Waals surface area (Å²) in [5.74, 6) is -1.56. The lowest BCUT2D eigenvalue weighted by molar-refractivity contribution is -0.146. The van der Waals surface area contributed by atoms with Gasteiger partial charge in [0, 0.05) is 19.0 Å². The first-order chi connectivity index (χ1) is 17.4. The fraction of sp³-hybridized carbons (Fsp3) is 0.741. The molecule has 4 fully saturated rings. The number of fused-ring (bicyclic) bond motifs is 5. The van der Waals surface area contributed by atoms with E-state index >= 15 is 0 Å². The van der Waals surface area contributed by atoms with Crippen molar-refractivity contribution in [1.82, 2.24) is 20.9 Å². The van der Waals surface area contributed by atoms with Crippen LogP contribution in [0.2, 0.25) is 0 Å². The van der Waals surface area contributed by atoms with Gasteiger partial charge in [-0.25, -0.2) is 4.39 Å². The lowest BCUT2D eigenvalue weighted by Gasteiger charge is -2.37. The van der Waals surface area contributed by atoms with Gasteiger partial charge in [0.2, 0.25) is 17.7 Å². The van der Waals surface area contributed by atoms with Crippen LogP contribution in [-0.4, -0.2) is 65.4 Å². The maximum atomic E-state index is 14.5. The SMILES string of the molecule is CC(C)(C)[C@H](NC(=O)C1(F)CC1)C(=O)N1C[C@H]2[C@@H]([C@H]1C(=O)N[C@H](C#N)C[C@@H]1CCNC1=O)[C@H]1C=C[C@@H]2C1. The summed E-state index contributed by atoms with van der Waals surface area (Å²) in [5, 5.41) is 18.0. The van der Waals surface area contributed by atoms with Crippen molar-refractivity contribution in [2.75, 3.05) is 13.1 Å². The molecule has 5 rings (SSSR count). The molecule has 2 heterocycles. The second-order valence-corrected chi connectivity index (χ2v) is 12.6. The third-order valence-corrected chi connectivity index (χ3v) is 8.99. The Hall–Kier alpha value is -2.96. The lowest BCUT2D eigenvalue weighted by atomic mass is 9.81. The fourth-order valence-corrected chi connectivity index (χ4v) is 6.75. The van der Waals surface area contributed by atoms with Crippen LogP contribution in [-0.2, 0) is 19.2 Å². The van der Waals surface area contributed by atoms with Gasteiger partial charge < -0.3 is 20.9 Å². The van der Waals surface area contributed by atoms with E-state index in [2.05, 4.69) is 34.2 Å². The number of nitrogens with one attached hydrogen (secondary N) is 3. The number of carbonyl (C=O) groups is 4. The molecule has 2 saturated heterocycles. The highest BCUT2D eigenvalue weighted by atomic mass is 19.1. The minimum Gasteiger partial charge on any atom is -0.356 e. The van der Waals surface area contributed by atoms with Crippen molar-refractivity contribution in [2.24, 2.45) is 35.0 Å². The van der Waals surface area contributed by atoms with E-state index in [9.17, 15) is 28.8 Å². The molecule has 2 bridgehead atoms. The molecule has 0 spiro atoms. The van der Waals surface area contributed by atoms with Crippen LogP contribution in [0.4, 0.5) is 4.39 Å². The number of hydrogen-bond acceptors (Lipinski definition) is 5. The Morgan fingerprint density at radius 2 is 1.95 bits per heavy atom. The molecular formula is C27H36FN5O4. The zero-order chi connectivity index (χ0) is 26.7. The molecule has 10 heteroatoms. The number of amides is 4. The minimum absolute atomic E-state index is 0.0830. The summed E-state index contributed by atoms with van der Waals surface area (Å²) in [6, 6.07) is -0.542. The smallest absolute Gasteiger partial charge is 0.258 e. The predicted molar refractivity (Wildman–Crippen MR) is 131 cm³/mol. The molecular weight excluding hydrogens is 477 g/mol. The van der Waals surface area contributed by atoms with E-state index in [1.54, 1.807) is 4.90 Å². The number of nitriles is 1. The van der Waals surface area contributed by atoms with Crippen LogP contribution in [0.5, 0.6) is 0 Å². The Kier molecular flexibility index (Phi) is 6.32. The van der Waals surface area contributed by atoms with Gasteiger partial charge >= 0.3 is 0 Å². The molecule has 4 amide bonds. The van der Waals surface area contributed by atoms with Crippen LogP contribution in [0.1, 0.15) is 52.9 Å². The Morgan fingerprint density at radius 3 is 2.54 bits per heavy atom. The first kappa shape index (κ1) is 25.7. The highest BCUT2D eigenvalue weighted by molar-refractivity contribution is 5.96. The van der Waals surface area contributed by atoms with E-state index in [1.165, 1.54) is 0 Å². The highest BCUT2D eigenvalue weighted by Crippen LogP contribution is 2.54. The largest absolute Gasteiger partial charge is 0.356 e. The van der Waals surface area contributed by atoms with Crippen molar-refractivity contribution in [3.63, 3.8) is 0 Å². The van der Waals surface area contributed by atoms with Gasteiger partial charge in [-0.15, -0.1) is 0 Å². The molecule has 2 saturated carbocycles. The van der Waals surface area contributed by atoms with Gasteiger partial charge in [-0.1, -0.05) is 32.9 Å². The second kappa shape index (κ2) is 9.10. The number of alkyl halides is 1. The summed E-state index contributed by atoms with van der Waals surface area (Å²) >= 11 is 0. The first-order valence-corrected chi connectivity index (χ1v) is 13.4. The van der Waals surface area contributed by atoms with Gasteiger partial charge in [-0.3, -0.25) is 19.2 Å². The molecule has 0 aromatic carbocycles. The van der Waals surface area contributed by atoms with Crippen LogP contribution >= 0.6 is 0 Å². The van der Waals surface area contributed by atoms with Crippen LogP contribution in [0.25, 0.3) is 0 Å². The number of hydrogen-bond donors (Lipinski definition) is 3. The van der Waals surface area contributed by atoms with E-state index < -0.39 is 46.9 Å². The number of nitrogens with zero attached hydrogens (tertiary/aromatic N) is 2. The average molecular weight is 514 g/mol. The summed E-state index contributed by atoms with van der Waals surface area (Å²) in [6.45, 7) is 6.36. The van der Waals surface area contributed by atoms with Gasteiger partial charge in [0.1, 0.15) is 18.1 Å². The third kappa shape index (κ3) is 4.62. The zero-order valence-corrected chi connectivity index (χ0v) is 21.6. The average Bonchev–Trinajstić information content (AvgIpc) is 3.26. The van der Waals surface area contributed by atoms with Gasteiger partial charge in [0.15, 0.2) is 5.67 Å². The van der Waals surface area contributed by atoms with Crippen molar-refractivity contribution in [3.8, 4) is 6.07 Å². The summed E-state index contributed by atoms with van der Waals surface area (Å²) < 4.78 is 14.5. The van der Waals surface area contributed by atoms with Crippen LogP contribution in [0, 0.1) is 46.3 Å².